The number of nitrogens with zero attached hydrogens (tertiary/aromatic N) is 4. The molecule has 0 saturated heterocycles. The van der Waals surface area contributed by atoms with Crippen molar-refractivity contribution in [3.8, 4) is 5.75 Å². The topological polar surface area (TPSA) is 129 Å². The summed E-state index contributed by atoms with van der Waals surface area (Å²) in [6, 6.07) is 1.07. The number of carbonyl (C=O) groups excluding carboxylic acids is 1. The summed E-state index contributed by atoms with van der Waals surface area (Å²) in [5.74, 6) is -0.897. The van der Waals surface area contributed by atoms with Crippen molar-refractivity contribution in [3.63, 3.8) is 0 Å². The molecule has 0 spiro atoms. The summed E-state index contributed by atoms with van der Waals surface area (Å²) in [5.41, 5.74) is 0.0746. The zero-order valence-electron chi connectivity index (χ0n) is 19.3. The van der Waals surface area contributed by atoms with Crippen molar-refractivity contribution in [2.75, 3.05) is 24.7 Å². The first-order valence-corrected chi connectivity index (χ1v) is 10.1. The molecule has 10 heteroatoms. The monoisotopic (exact) mass is 440 g/mol. The zero-order chi connectivity index (χ0) is 24.0. The van der Waals surface area contributed by atoms with E-state index in [-0.39, 0.29) is 34.2 Å². The Bertz CT molecular complexity index is 1240. The number of amides is 1. The van der Waals surface area contributed by atoms with Crippen LogP contribution in [0.1, 0.15) is 48.6 Å². The highest BCUT2D eigenvalue weighted by molar-refractivity contribution is 5.97. The fourth-order valence-corrected chi connectivity index (χ4v) is 3.46. The normalized spacial score (nSPS) is 12.6. The lowest BCUT2D eigenvalue weighted by Crippen LogP contribution is -2.39. The van der Waals surface area contributed by atoms with E-state index in [0.29, 0.717) is 0 Å². The van der Waals surface area contributed by atoms with E-state index in [1.807, 2.05) is 40.9 Å². The molecule has 3 rings (SSSR count). The first-order chi connectivity index (χ1) is 14.8. The Hall–Kier alpha value is -3.69. The van der Waals surface area contributed by atoms with Gasteiger partial charge in [0.15, 0.2) is 11.4 Å². The van der Waals surface area contributed by atoms with Gasteiger partial charge in [-0.05, 0) is 24.0 Å². The smallest absolute Gasteiger partial charge is 0.275 e. The third kappa shape index (κ3) is 4.08. The largest absolute Gasteiger partial charge is 0.504 e. The summed E-state index contributed by atoms with van der Waals surface area (Å²) >= 11 is 0. The van der Waals surface area contributed by atoms with Crippen molar-refractivity contribution in [3.05, 3.63) is 55.9 Å². The molecule has 2 heterocycles. The van der Waals surface area contributed by atoms with Gasteiger partial charge in [-0.25, -0.2) is 4.98 Å². The molecule has 0 aliphatic heterocycles. The van der Waals surface area contributed by atoms with E-state index >= 15 is 0 Å². The molecular weight excluding hydrogens is 412 g/mol. The minimum atomic E-state index is -0.713. The molecule has 0 bridgehead atoms. The minimum absolute atomic E-state index is 0.0163. The molecule has 1 atom stereocenters. The van der Waals surface area contributed by atoms with E-state index in [0.717, 1.165) is 11.3 Å². The van der Waals surface area contributed by atoms with Gasteiger partial charge in [-0.2, -0.15) is 5.10 Å². The van der Waals surface area contributed by atoms with Crippen molar-refractivity contribution in [2.24, 2.45) is 12.5 Å². The number of aromatic nitrogens is 3. The van der Waals surface area contributed by atoms with Gasteiger partial charge in [0.2, 0.25) is 0 Å². The number of aromatic hydroxyl groups is 1. The van der Waals surface area contributed by atoms with Crippen molar-refractivity contribution < 1.29 is 9.90 Å². The van der Waals surface area contributed by atoms with Gasteiger partial charge < -0.3 is 20.6 Å². The second-order valence-electron chi connectivity index (χ2n) is 9.10. The molecule has 0 saturated carbocycles. The fraction of sp³-hybridized carbons (Fsp3) is 0.409. The summed E-state index contributed by atoms with van der Waals surface area (Å²) < 4.78 is 1.70. The summed E-state index contributed by atoms with van der Waals surface area (Å²) in [4.78, 5) is 42.2. The molecule has 1 amide bonds. The van der Waals surface area contributed by atoms with Crippen LogP contribution in [-0.4, -0.2) is 44.8 Å². The van der Waals surface area contributed by atoms with Crippen LogP contribution in [0.15, 0.2) is 28.0 Å². The lowest BCUT2D eigenvalue weighted by Gasteiger charge is -2.32. The van der Waals surface area contributed by atoms with Crippen LogP contribution < -0.4 is 21.5 Å². The Kier molecular flexibility index (Phi) is 5.82. The maximum absolute atomic E-state index is 12.4. The molecular formula is C22H28N6O4. The Morgan fingerprint density at radius 2 is 1.81 bits per heavy atom. The summed E-state index contributed by atoms with van der Waals surface area (Å²) in [5, 5.41) is 21.0. The Morgan fingerprint density at radius 3 is 2.34 bits per heavy atom. The van der Waals surface area contributed by atoms with Crippen LogP contribution >= 0.6 is 0 Å². The first kappa shape index (κ1) is 23.0. The predicted molar refractivity (Wildman–Crippen MR) is 122 cm³/mol. The van der Waals surface area contributed by atoms with E-state index in [1.54, 1.807) is 4.68 Å². The maximum Gasteiger partial charge on any atom is 0.275 e. The molecule has 0 radical (unpaired) electrons. The highest BCUT2D eigenvalue weighted by Crippen LogP contribution is 2.38. The van der Waals surface area contributed by atoms with Crippen LogP contribution in [0, 0.1) is 12.3 Å². The average Bonchev–Trinajstić information content (AvgIpc) is 3.03. The lowest BCUT2D eigenvalue weighted by atomic mass is 9.83. The SMILES string of the molecule is Cc1cn(C)nc1[C@H](Nc1c(Nc2ccnc(C(=O)N(C)C)c2O)c(=O)c1=O)C(C)(C)C. The molecule has 0 aliphatic carbocycles. The molecule has 0 aliphatic rings. The number of hydrogen-bond donors (Lipinski definition) is 3. The van der Waals surface area contributed by atoms with Crippen molar-refractivity contribution in [2.45, 2.75) is 33.7 Å². The van der Waals surface area contributed by atoms with E-state index in [9.17, 15) is 19.5 Å². The van der Waals surface area contributed by atoms with Gasteiger partial charge in [0.05, 0.1) is 17.4 Å². The van der Waals surface area contributed by atoms with Gasteiger partial charge >= 0.3 is 0 Å². The maximum atomic E-state index is 12.4. The number of nitrogens with one attached hydrogen (secondary N) is 2. The van der Waals surface area contributed by atoms with Crippen LogP contribution in [0.25, 0.3) is 0 Å². The number of pyridine rings is 1. The second-order valence-corrected chi connectivity index (χ2v) is 9.10. The molecule has 0 unspecified atom stereocenters. The fourth-order valence-electron chi connectivity index (χ4n) is 3.46. The highest BCUT2D eigenvalue weighted by Gasteiger charge is 2.33. The number of anilines is 3. The van der Waals surface area contributed by atoms with Gasteiger partial charge in [-0.1, -0.05) is 20.8 Å². The molecule has 32 heavy (non-hydrogen) atoms. The van der Waals surface area contributed by atoms with Gasteiger partial charge in [0.25, 0.3) is 16.8 Å². The van der Waals surface area contributed by atoms with E-state index < -0.39 is 22.5 Å². The molecule has 170 valence electrons. The van der Waals surface area contributed by atoms with Crippen LogP contribution in [0.5, 0.6) is 5.75 Å². The van der Waals surface area contributed by atoms with Crippen LogP contribution in [0.2, 0.25) is 0 Å². The summed E-state index contributed by atoms with van der Waals surface area (Å²) in [6.07, 6.45) is 3.22. The zero-order valence-corrected chi connectivity index (χ0v) is 19.3. The van der Waals surface area contributed by atoms with Crippen molar-refractivity contribution >= 4 is 23.0 Å². The average molecular weight is 441 g/mol. The highest BCUT2D eigenvalue weighted by atomic mass is 16.3. The van der Waals surface area contributed by atoms with Gasteiger partial charge in [0, 0.05) is 33.5 Å². The Labute approximate surface area is 185 Å². The van der Waals surface area contributed by atoms with Crippen LogP contribution in [-0.2, 0) is 7.05 Å². The minimum Gasteiger partial charge on any atom is -0.504 e. The van der Waals surface area contributed by atoms with Crippen LogP contribution in [0.3, 0.4) is 0 Å². The van der Waals surface area contributed by atoms with Crippen molar-refractivity contribution in [1.29, 1.82) is 0 Å². The number of carbonyl (C=O) groups is 1. The number of hydrogen-bond acceptors (Lipinski definition) is 8. The van der Waals surface area contributed by atoms with Crippen LogP contribution in [0.4, 0.5) is 17.1 Å². The Morgan fingerprint density at radius 1 is 1.19 bits per heavy atom. The lowest BCUT2D eigenvalue weighted by molar-refractivity contribution is 0.0819. The van der Waals surface area contributed by atoms with Gasteiger partial charge in [0.1, 0.15) is 11.4 Å². The third-order valence-electron chi connectivity index (χ3n) is 5.18. The second kappa shape index (κ2) is 8.10. The van der Waals surface area contributed by atoms with E-state index in [1.165, 1.54) is 31.3 Å². The molecule has 2 aromatic heterocycles. The third-order valence-corrected chi connectivity index (χ3v) is 5.18. The Balaban J connectivity index is 1.99. The predicted octanol–water partition coefficient (Wildman–Crippen LogP) is 2.07. The van der Waals surface area contributed by atoms with Gasteiger partial charge in [-0.15, -0.1) is 0 Å². The van der Waals surface area contributed by atoms with E-state index in [4.69, 9.17) is 0 Å². The van der Waals surface area contributed by atoms with E-state index in [2.05, 4.69) is 20.7 Å². The molecule has 10 nitrogen and oxygen atoms in total. The number of aryl methyl sites for hydroxylation is 2. The molecule has 0 fully saturated rings. The molecule has 3 N–H and O–H groups in total. The summed E-state index contributed by atoms with van der Waals surface area (Å²) in [7, 11) is 4.89. The molecule has 1 aromatic carbocycles. The standard InChI is InChI=1S/C22H28N6O4/c1-11-10-28(7)26-13(11)20(22(2,3)4)25-15-14(18(30)19(15)31)24-12-8-9-23-16(17(12)29)21(32)27(5)6/h8-10,20,25,29H,1-7H3,(H,23,24)/t20-/m0/s1. The number of rotatable bonds is 6. The van der Waals surface area contributed by atoms with Gasteiger partial charge in [-0.3, -0.25) is 19.1 Å². The quantitative estimate of drug-likeness (QED) is 0.497. The summed E-state index contributed by atoms with van der Waals surface area (Å²) in [6.45, 7) is 7.95. The van der Waals surface area contributed by atoms with Crippen molar-refractivity contribution in [1.82, 2.24) is 19.7 Å². The molecule has 3 aromatic rings. The first-order valence-electron chi connectivity index (χ1n) is 10.1.